The van der Waals surface area contributed by atoms with Gasteiger partial charge in [0.15, 0.2) is 0 Å². The van der Waals surface area contributed by atoms with Crippen LogP contribution in [0.5, 0.6) is 0 Å². The summed E-state index contributed by atoms with van der Waals surface area (Å²) in [6, 6.07) is 0. The first-order chi connectivity index (χ1) is 12.8. The summed E-state index contributed by atoms with van der Waals surface area (Å²) < 4.78 is 66.8. The van der Waals surface area contributed by atoms with Gasteiger partial charge < -0.3 is 4.74 Å². The van der Waals surface area contributed by atoms with Crippen molar-refractivity contribution in [3.8, 4) is 0 Å². The van der Waals surface area contributed by atoms with E-state index in [1.807, 2.05) is 0 Å². The second kappa shape index (κ2) is 16.6. The Hall–Kier alpha value is -0.390. The van der Waals surface area contributed by atoms with Gasteiger partial charge in [0, 0.05) is 19.6 Å². The SMILES string of the molecule is CCCCCCCCCCCCCOCCCCCCC(F)(F)C(F)(F)F. The molecule has 0 N–H and O–H groups in total. The molecule has 0 saturated carbocycles. The topological polar surface area (TPSA) is 9.23 Å². The van der Waals surface area contributed by atoms with E-state index in [0.717, 1.165) is 12.8 Å². The van der Waals surface area contributed by atoms with Crippen molar-refractivity contribution in [2.24, 2.45) is 0 Å². The number of alkyl halides is 5. The summed E-state index contributed by atoms with van der Waals surface area (Å²) in [4.78, 5) is 0. The van der Waals surface area contributed by atoms with E-state index in [1.165, 1.54) is 64.2 Å². The summed E-state index contributed by atoms with van der Waals surface area (Å²) in [5.74, 6) is -4.56. The molecule has 0 aromatic carbocycles. The van der Waals surface area contributed by atoms with Gasteiger partial charge in [-0.05, 0) is 19.3 Å². The van der Waals surface area contributed by atoms with Crippen molar-refractivity contribution in [3.63, 3.8) is 0 Å². The zero-order valence-corrected chi connectivity index (χ0v) is 17.0. The van der Waals surface area contributed by atoms with Crippen molar-refractivity contribution < 1.29 is 26.7 Å². The molecule has 0 unspecified atom stereocenters. The van der Waals surface area contributed by atoms with Crippen LogP contribution in [0, 0.1) is 0 Å². The summed E-state index contributed by atoms with van der Waals surface area (Å²) in [7, 11) is 0. The highest BCUT2D eigenvalue weighted by Crippen LogP contribution is 2.39. The van der Waals surface area contributed by atoms with Crippen LogP contribution in [0.1, 0.15) is 110 Å². The van der Waals surface area contributed by atoms with E-state index in [9.17, 15) is 22.0 Å². The second-order valence-electron chi connectivity index (χ2n) is 7.51. The van der Waals surface area contributed by atoms with Crippen LogP contribution in [0.15, 0.2) is 0 Å². The first kappa shape index (κ1) is 26.6. The van der Waals surface area contributed by atoms with Crippen molar-refractivity contribution in [2.45, 2.75) is 122 Å². The Kier molecular flexibility index (Phi) is 16.3. The highest BCUT2D eigenvalue weighted by molar-refractivity contribution is 4.75. The molecule has 0 fully saturated rings. The first-order valence-electron chi connectivity index (χ1n) is 10.8. The highest BCUT2D eigenvalue weighted by Gasteiger charge is 2.56. The Labute approximate surface area is 162 Å². The van der Waals surface area contributed by atoms with Gasteiger partial charge >= 0.3 is 12.1 Å². The fraction of sp³-hybridized carbons (Fsp3) is 1.00. The molecule has 0 radical (unpaired) electrons. The smallest absolute Gasteiger partial charge is 0.381 e. The number of hydrogen-bond donors (Lipinski definition) is 0. The molecule has 0 spiro atoms. The van der Waals surface area contributed by atoms with Crippen LogP contribution >= 0.6 is 0 Å². The molecule has 0 aliphatic carbocycles. The van der Waals surface area contributed by atoms with Gasteiger partial charge in [0.2, 0.25) is 0 Å². The van der Waals surface area contributed by atoms with Crippen molar-refractivity contribution >= 4 is 0 Å². The van der Waals surface area contributed by atoms with Crippen LogP contribution in [0.4, 0.5) is 22.0 Å². The van der Waals surface area contributed by atoms with Gasteiger partial charge in [-0.2, -0.15) is 22.0 Å². The van der Waals surface area contributed by atoms with Crippen LogP contribution < -0.4 is 0 Å². The third kappa shape index (κ3) is 16.3. The lowest BCUT2D eigenvalue weighted by Gasteiger charge is -2.19. The molecule has 1 nitrogen and oxygen atoms in total. The van der Waals surface area contributed by atoms with Crippen molar-refractivity contribution in [1.29, 1.82) is 0 Å². The molecule has 0 aliphatic heterocycles. The van der Waals surface area contributed by atoms with E-state index >= 15 is 0 Å². The van der Waals surface area contributed by atoms with E-state index in [1.54, 1.807) is 0 Å². The quantitative estimate of drug-likeness (QED) is 0.155. The first-order valence-corrected chi connectivity index (χ1v) is 10.8. The van der Waals surface area contributed by atoms with Crippen LogP contribution in [-0.4, -0.2) is 25.3 Å². The van der Waals surface area contributed by atoms with Crippen molar-refractivity contribution in [3.05, 3.63) is 0 Å². The molecule has 0 saturated heterocycles. The minimum Gasteiger partial charge on any atom is -0.381 e. The Morgan fingerprint density at radius 1 is 0.519 bits per heavy atom. The Balaban J connectivity index is 3.19. The number of rotatable bonds is 19. The largest absolute Gasteiger partial charge is 0.453 e. The van der Waals surface area contributed by atoms with E-state index < -0.39 is 18.5 Å². The second-order valence-corrected chi connectivity index (χ2v) is 7.51. The Morgan fingerprint density at radius 2 is 0.889 bits per heavy atom. The average molecular weight is 403 g/mol. The summed E-state index contributed by atoms with van der Waals surface area (Å²) in [5.41, 5.74) is 0. The number of halogens is 5. The summed E-state index contributed by atoms with van der Waals surface area (Å²) >= 11 is 0. The lowest BCUT2D eigenvalue weighted by molar-refractivity contribution is -0.284. The maximum Gasteiger partial charge on any atom is 0.453 e. The van der Waals surface area contributed by atoms with Crippen molar-refractivity contribution in [2.75, 3.05) is 13.2 Å². The molecule has 27 heavy (non-hydrogen) atoms. The third-order valence-electron chi connectivity index (χ3n) is 4.84. The molecule has 6 heteroatoms. The molecule has 0 aliphatic rings. The van der Waals surface area contributed by atoms with Crippen molar-refractivity contribution in [1.82, 2.24) is 0 Å². The van der Waals surface area contributed by atoms with Gasteiger partial charge in [-0.15, -0.1) is 0 Å². The number of hydrogen-bond acceptors (Lipinski definition) is 1. The third-order valence-corrected chi connectivity index (χ3v) is 4.84. The normalized spacial score (nSPS) is 12.7. The van der Waals surface area contributed by atoms with Gasteiger partial charge in [-0.1, -0.05) is 84.0 Å². The molecule has 0 heterocycles. The zero-order chi connectivity index (χ0) is 20.4. The van der Waals surface area contributed by atoms with Gasteiger partial charge in [0.25, 0.3) is 0 Å². The van der Waals surface area contributed by atoms with E-state index in [2.05, 4.69) is 6.92 Å². The molecule has 0 bridgehead atoms. The Bertz CT molecular complexity index is 318. The van der Waals surface area contributed by atoms with Crippen LogP contribution in [0.3, 0.4) is 0 Å². The standard InChI is InChI=1S/C21H39F5O/c1-2-3-4-5-6-7-8-9-10-12-15-18-27-19-16-13-11-14-17-20(22,23)21(24,25)26/h2-19H2,1H3. The fourth-order valence-corrected chi connectivity index (χ4v) is 3.02. The van der Waals surface area contributed by atoms with Crippen LogP contribution in [-0.2, 0) is 4.74 Å². The van der Waals surface area contributed by atoms with Gasteiger partial charge in [-0.3, -0.25) is 0 Å². The number of ether oxygens (including phenoxy) is 1. The maximum absolute atomic E-state index is 12.7. The monoisotopic (exact) mass is 402 g/mol. The molecule has 0 aromatic heterocycles. The van der Waals surface area contributed by atoms with E-state index in [0.29, 0.717) is 26.1 Å². The number of unbranched alkanes of at least 4 members (excludes halogenated alkanes) is 13. The summed E-state index contributed by atoms with van der Waals surface area (Å²) in [5, 5.41) is 0. The molecule has 0 aromatic rings. The van der Waals surface area contributed by atoms with E-state index in [-0.39, 0.29) is 6.42 Å². The molecular weight excluding hydrogens is 363 g/mol. The van der Waals surface area contributed by atoms with Crippen LogP contribution in [0.2, 0.25) is 0 Å². The van der Waals surface area contributed by atoms with Crippen LogP contribution in [0.25, 0.3) is 0 Å². The predicted octanol–water partition coefficient (Wildman–Crippen LogP) is 8.46. The summed E-state index contributed by atoms with van der Waals surface area (Å²) in [6.45, 7) is 3.51. The fourth-order valence-electron chi connectivity index (χ4n) is 3.02. The van der Waals surface area contributed by atoms with Gasteiger partial charge in [-0.25, -0.2) is 0 Å². The highest BCUT2D eigenvalue weighted by atomic mass is 19.4. The lowest BCUT2D eigenvalue weighted by Crippen LogP contribution is -2.36. The molecule has 0 amide bonds. The van der Waals surface area contributed by atoms with E-state index in [4.69, 9.17) is 4.74 Å². The minimum absolute atomic E-state index is 0.106. The van der Waals surface area contributed by atoms with Gasteiger partial charge in [0.05, 0.1) is 0 Å². The molecular formula is C21H39F5O. The Morgan fingerprint density at radius 3 is 1.30 bits per heavy atom. The molecule has 0 atom stereocenters. The minimum atomic E-state index is -5.43. The molecule has 164 valence electrons. The average Bonchev–Trinajstić information content (AvgIpc) is 2.59. The van der Waals surface area contributed by atoms with Gasteiger partial charge in [0.1, 0.15) is 0 Å². The molecule has 0 rings (SSSR count). The predicted molar refractivity (Wildman–Crippen MR) is 101 cm³/mol. The lowest BCUT2D eigenvalue weighted by atomic mass is 10.1. The zero-order valence-electron chi connectivity index (χ0n) is 17.0. The summed E-state index contributed by atoms with van der Waals surface area (Å²) in [6.07, 6.45) is 9.23. The maximum atomic E-state index is 12.7.